The molecule has 2 fully saturated rings. The Bertz CT molecular complexity index is 1430. The quantitative estimate of drug-likeness (QED) is 0.369. The van der Waals surface area contributed by atoms with E-state index in [1.165, 1.54) is 41.1 Å². The second-order valence-corrected chi connectivity index (χ2v) is 13.8. The van der Waals surface area contributed by atoms with Gasteiger partial charge in [-0.2, -0.15) is 4.31 Å². The minimum atomic E-state index is -3.74. The monoisotopic (exact) mass is 590 g/mol. The first-order valence-corrected chi connectivity index (χ1v) is 15.6. The molecule has 40 heavy (non-hydrogen) atoms. The molecular formula is C27H35FN6O4S2. The third-order valence-corrected chi connectivity index (χ3v) is 11.6. The van der Waals surface area contributed by atoms with Gasteiger partial charge in [0.1, 0.15) is 5.82 Å². The number of rotatable bonds is 8. The highest BCUT2D eigenvalue weighted by Gasteiger charge is 2.46. The molecule has 0 aliphatic carbocycles. The number of carbonyl (C=O) groups excluding carboxylic acids is 1. The Kier molecular flexibility index (Phi) is 8.27. The molecule has 2 aliphatic rings. The van der Waals surface area contributed by atoms with Crippen LogP contribution in [0, 0.1) is 11.2 Å². The summed E-state index contributed by atoms with van der Waals surface area (Å²) >= 11 is 1.20. The number of methoxy groups -OCH3 is 1. The van der Waals surface area contributed by atoms with E-state index in [0.717, 1.165) is 42.6 Å². The van der Waals surface area contributed by atoms with Crippen LogP contribution in [0.4, 0.5) is 9.52 Å². The summed E-state index contributed by atoms with van der Waals surface area (Å²) in [6, 6.07) is 6.18. The molecule has 2 aliphatic heterocycles. The predicted molar refractivity (Wildman–Crippen MR) is 150 cm³/mol. The van der Waals surface area contributed by atoms with Crippen molar-refractivity contribution in [1.82, 2.24) is 23.7 Å². The number of piperidine rings is 1. The van der Waals surface area contributed by atoms with E-state index in [-0.39, 0.29) is 35.1 Å². The van der Waals surface area contributed by atoms with Crippen molar-refractivity contribution >= 4 is 32.5 Å². The van der Waals surface area contributed by atoms with Crippen LogP contribution in [0.25, 0.3) is 0 Å². The molecule has 13 heteroatoms. The lowest BCUT2D eigenvalue weighted by molar-refractivity contribution is -0.155. The third kappa shape index (κ3) is 5.65. The van der Waals surface area contributed by atoms with Gasteiger partial charge in [-0.3, -0.25) is 4.79 Å². The largest absolute Gasteiger partial charge is 0.469 e. The Hall–Kier alpha value is -2.87. The third-order valence-electron chi connectivity index (χ3n) is 8.17. The molecule has 2 aromatic heterocycles. The molecule has 0 amide bonds. The number of esters is 1. The van der Waals surface area contributed by atoms with E-state index in [2.05, 4.69) is 26.8 Å². The van der Waals surface area contributed by atoms with Crippen LogP contribution in [-0.2, 0) is 26.0 Å². The molecule has 0 N–H and O–H groups in total. The van der Waals surface area contributed by atoms with Gasteiger partial charge in [0.05, 0.1) is 31.1 Å². The van der Waals surface area contributed by atoms with E-state index < -0.39 is 15.4 Å². The van der Waals surface area contributed by atoms with Gasteiger partial charge in [-0.1, -0.05) is 23.5 Å². The van der Waals surface area contributed by atoms with Gasteiger partial charge in [0.15, 0.2) is 9.34 Å². The van der Waals surface area contributed by atoms with Crippen molar-refractivity contribution in [3.8, 4) is 0 Å². The van der Waals surface area contributed by atoms with Gasteiger partial charge < -0.3 is 19.1 Å². The van der Waals surface area contributed by atoms with Crippen LogP contribution < -0.4 is 4.90 Å². The first-order chi connectivity index (χ1) is 19.1. The first kappa shape index (κ1) is 28.7. The molecule has 10 nitrogen and oxygen atoms in total. The number of imidazole rings is 1. The molecule has 4 heterocycles. The van der Waals surface area contributed by atoms with Crippen LogP contribution in [-0.4, -0.2) is 91.6 Å². The number of sulfonamides is 1. The average Bonchev–Trinajstić information content (AvgIpc) is 3.64. The van der Waals surface area contributed by atoms with Crippen LogP contribution in [0.2, 0.25) is 0 Å². The average molecular weight is 591 g/mol. The number of aromatic nitrogens is 3. The maximum atomic E-state index is 13.5. The Balaban J connectivity index is 1.31. The zero-order chi connectivity index (χ0) is 28.5. The summed E-state index contributed by atoms with van der Waals surface area (Å²) in [5.41, 5.74) is 0.853. The lowest BCUT2D eigenvalue weighted by Crippen LogP contribution is -2.48. The van der Waals surface area contributed by atoms with Crippen LogP contribution >= 0.6 is 11.3 Å². The number of anilines is 1. The normalized spacial score (nSPS) is 19.4. The number of thiazole rings is 1. The molecule has 216 valence electrons. The fourth-order valence-corrected chi connectivity index (χ4v) is 8.30. The number of hydrogen-bond donors (Lipinski definition) is 0. The van der Waals surface area contributed by atoms with Crippen molar-refractivity contribution in [3.05, 3.63) is 60.1 Å². The smallest absolute Gasteiger partial charge is 0.312 e. The summed E-state index contributed by atoms with van der Waals surface area (Å²) in [4.78, 5) is 26.3. The van der Waals surface area contributed by atoms with E-state index in [1.54, 1.807) is 24.7 Å². The number of halogens is 1. The van der Waals surface area contributed by atoms with Crippen molar-refractivity contribution in [1.29, 1.82) is 0 Å². The van der Waals surface area contributed by atoms with Crippen LogP contribution in [0.15, 0.2) is 47.2 Å². The molecule has 0 radical (unpaired) electrons. The highest BCUT2D eigenvalue weighted by atomic mass is 32.2. The van der Waals surface area contributed by atoms with Gasteiger partial charge in [-0.05, 0) is 44.5 Å². The van der Waals surface area contributed by atoms with E-state index in [1.807, 2.05) is 11.5 Å². The van der Waals surface area contributed by atoms with E-state index in [0.29, 0.717) is 19.3 Å². The highest BCUT2D eigenvalue weighted by molar-refractivity contribution is 7.91. The second-order valence-electron chi connectivity index (χ2n) is 10.6. The van der Waals surface area contributed by atoms with E-state index in [4.69, 9.17) is 4.74 Å². The summed E-state index contributed by atoms with van der Waals surface area (Å²) in [5, 5.41) is 0.719. The maximum Gasteiger partial charge on any atom is 0.312 e. The summed E-state index contributed by atoms with van der Waals surface area (Å²) in [5.74, 6) is -0.663. The summed E-state index contributed by atoms with van der Waals surface area (Å²) in [6.45, 7) is 5.82. The highest BCUT2D eigenvalue weighted by Crippen LogP contribution is 2.40. The fourth-order valence-electron chi connectivity index (χ4n) is 5.53. The SMILES string of the molecule is COC(=O)C1(Cc2cncn2[C@H](C)c2ccc(F)cc2)CCN(S(=O)(=O)c2cnc(N3CCN(C)CC3)s2)CC1. The number of ether oxygens (including phenoxy) is 1. The Morgan fingerprint density at radius 3 is 2.42 bits per heavy atom. The maximum absolute atomic E-state index is 13.5. The van der Waals surface area contributed by atoms with Gasteiger partial charge in [0.2, 0.25) is 0 Å². The molecular weight excluding hydrogens is 555 g/mol. The lowest BCUT2D eigenvalue weighted by Gasteiger charge is -2.39. The fraction of sp³-hybridized carbons (Fsp3) is 0.519. The number of hydrogen-bond acceptors (Lipinski definition) is 9. The van der Waals surface area contributed by atoms with Gasteiger partial charge >= 0.3 is 5.97 Å². The Morgan fingerprint density at radius 1 is 1.10 bits per heavy atom. The van der Waals surface area contributed by atoms with Gasteiger partial charge in [-0.15, -0.1) is 0 Å². The second kappa shape index (κ2) is 11.6. The molecule has 1 atom stereocenters. The van der Waals surface area contributed by atoms with Gasteiger partial charge in [-0.25, -0.2) is 22.8 Å². The van der Waals surface area contributed by atoms with Crippen molar-refractivity contribution < 1.29 is 22.3 Å². The molecule has 0 saturated carbocycles. The van der Waals surface area contributed by atoms with Crippen molar-refractivity contribution in [2.75, 3.05) is 58.3 Å². The number of benzene rings is 1. The van der Waals surface area contributed by atoms with Gasteiger partial charge in [0.25, 0.3) is 10.0 Å². The summed E-state index contributed by atoms with van der Waals surface area (Å²) < 4.78 is 49.4. The molecule has 0 bridgehead atoms. The predicted octanol–water partition coefficient (Wildman–Crippen LogP) is 3.03. The number of carbonyl (C=O) groups is 1. The van der Waals surface area contributed by atoms with Gasteiger partial charge in [0, 0.05) is 57.6 Å². The molecule has 3 aromatic rings. The van der Waals surface area contributed by atoms with Crippen LogP contribution in [0.3, 0.4) is 0 Å². The standard InChI is InChI=1S/C27H35FN6O4S2/c1-20(21-4-6-22(28)7-5-21)34-19-29-17-23(34)16-27(25(35)38-3)8-10-33(11-9-27)40(36,37)24-18-30-26(39-24)32-14-12-31(2)13-15-32/h4-7,17-20H,8-16H2,1-3H3/t20-/m1/s1. The van der Waals surface area contributed by atoms with Crippen molar-refractivity contribution in [2.24, 2.45) is 5.41 Å². The Morgan fingerprint density at radius 2 is 1.77 bits per heavy atom. The molecule has 2 saturated heterocycles. The first-order valence-electron chi connectivity index (χ1n) is 13.4. The van der Waals surface area contributed by atoms with Crippen molar-refractivity contribution in [3.63, 3.8) is 0 Å². The molecule has 1 aromatic carbocycles. The summed E-state index contributed by atoms with van der Waals surface area (Å²) in [6.07, 6.45) is 5.87. The topological polar surface area (TPSA) is 101 Å². The Labute approximate surface area is 238 Å². The summed E-state index contributed by atoms with van der Waals surface area (Å²) in [7, 11) is -0.311. The molecule has 0 unspecified atom stereocenters. The minimum Gasteiger partial charge on any atom is -0.469 e. The number of piperazine rings is 1. The number of nitrogens with zero attached hydrogens (tertiary/aromatic N) is 6. The van der Waals surface area contributed by atoms with Crippen LogP contribution in [0.5, 0.6) is 0 Å². The van der Waals surface area contributed by atoms with Crippen molar-refractivity contribution in [2.45, 2.75) is 36.4 Å². The zero-order valence-corrected chi connectivity index (χ0v) is 24.6. The molecule has 0 spiro atoms. The molecule has 5 rings (SSSR count). The van der Waals surface area contributed by atoms with E-state index >= 15 is 0 Å². The number of likely N-dealkylation sites (N-methyl/N-ethyl adjacent to an activating group) is 1. The lowest BCUT2D eigenvalue weighted by atomic mass is 9.75. The zero-order valence-electron chi connectivity index (χ0n) is 23.0. The minimum absolute atomic E-state index is 0.130. The van der Waals surface area contributed by atoms with Crippen LogP contribution in [0.1, 0.15) is 37.1 Å². The van der Waals surface area contributed by atoms with E-state index in [9.17, 15) is 17.6 Å².